The van der Waals surface area contributed by atoms with E-state index in [1.54, 1.807) is 34.4 Å². The average molecular weight is 371 g/mol. The van der Waals surface area contributed by atoms with E-state index in [0.717, 1.165) is 35.1 Å². The molecule has 1 aliphatic rings. The van der Waals surface area contributed by atoms with Crippen LogP contribution in [-0.2, 0) is 6.42 Å². The lowest BCUT2D eigenvalue weighted by molar-refractivity contribution is -0.670. The number of hydrogen-bond acceptors (Lipinski definition) is 5. The van der Waals surface area contributed by atoms with Gasteiger partial charge in [-0.2, -0.15) is 0 Å². The Morgan fingerprint density at radius 3 is 2.41 bits per heavy atom. The van der Waals surface area contributed by atoms with Gasteiger partial charge in [0.25, 0.3) is 0 Å². The van der Waals surface area contributed by atoms with E-state index in [4.69, 9.17) is 14.2 Å². The normalized spacial score (nSPS) is 15.2. The number of benzene rings is 1. The number of anilines is 1. The molecule has 1 atom stereocenters. The van der Waals surface area contributed by atoms with Crippen LogP contribution in [0.5, 0.6) is 17.2 Å². The minimum absolute atomic E-state index is 0.0199. The van der Waals surface area contributed by atoms with Gasteiger partial charge in [-0.15, -0.1) is 0 Å². The van der Waals surface area contributed by atoms with Gasteiger partial charge in [-0.3, -0.25) is 4.79 Å². The molecule has 0 fully saturated rings. The molecule has 27 heavy (non-hydrogen) atoms. The molecule has 144 valence electrons. The number of hydrogen-bond donors (Lipinski definition) is 2. The monoisotopic (exact) mass is 371 g/mol. The van der Waals surface area contributed by atoms with Crippen molar-refractivity contribution in [2.24, 2.45) is 0 Å². The van der Waals surface area contributed by atoms with Crippen LogP contribution in [-0.4, -0.2) is 35.4 Å². The zero-order chi connectivity index (χ0) is 19.6. The topological polar surface area (TPSA) is 73.4 Å². The van der Waals surface area contributed by atoms with Gasteiger partial charge in [-0.1, -0.05) is 6.07 Å². The van der Waals surface area contributed by atoms with Gasteiger partial charge in [0.05, 0.1) is 34.1 Å². The van der Waals surface area contributed by atoms with Crippen molar-refractivity contribution in [3.05, 3.63) is 45.6 Å². The van der Waals surface area contributed by atoms with E-state index in [2.05, 4.69) is 10.6 Å². The number of methoxy groups -OCH3 is 3. The summed E-state index contributed by atoms with van der Waals surface area (Å²) in [5.74, 6) is 1.84. The van der Waals surface area contributed by atoms with Crippen molar-refractivity contribution in [3.63, 3.8) is 0 Å². The smallest absolute Gasteiger partial charge is 0.203 e. The second kappa shape index (κ2) is 7.88. The zero-order valence-corrected chi connectivity index (χ0v) is 16.5. The molecule has 2 aromatic carbocycles. The molecular weight excluding hydrogens is 344 g/mol. The van der Waals surface area contributed by atoms with Crippen LogP contribution >= 0.6 is 0 Å². The summed E-state index contributed by atoms with van der Waals surface area (Å²) < 4.78 is 16.9. The van der Waals surface area contributed by atoms with Crippen LogP contribution in [0, 0.1) is 0 Å². The third-order valence-electron chi connectivity index (χ3n) is 5.26. The van der Waals surface area contributed by atoms with Crippen LogP contribution in [0.15, 0.2) is 29.1 Å². The first-order valence-electron chi connectivity index (χ1n) is 9.07. The summed E-state index contributed by atoms with van der Waals surface area (Å²) in [7, 11) is 8.66. The minimum Gasteiger partial charge on any atom is -0.493 e. The van der Waals surface area contributed by atoms with Gasteiger partial charge in [-0.25, -0.2) is 0 Å². The van der Waals surface area contributed by atoms with Gasteiger partial charge in [-0.05, 0) is 35.7 Å². The summed E-state index contributed by atoms with van der Waals surface area (Å²) in [4.78, 5) is 12.6. The van der Waals surface area contributed by atoms with Gasteiger partial charge < -0.3 is 24.8 Å². The fourth-order valence-electron chi connectivity index (χ4n) is 3.89. The molecule has 0 radical (unpaired) electrons. The number of nitrogens with two attached hydrogens (primary N) is 1. The second-order valence-corrected chi connectivity index (χ2v) is 6.53. The summed E-state index contributed by atoms with van der Waals surface area (Å²) in [6.07, 6.45) is 1.76. The maximum absolute atomic E-state index is 12.6. The maximum atomic E-state index is 12.6. The van der Waals surface area contributed by atoms with Crippen LogP contribution in [0.25, 0.3) is 11.1 Å². The van der Waals surface area contributed by atoms with Crippen LogP contribution in [0.2, 0.25) is 0 Å². The first-order chi connectivity index (χ1) is 13.1. The molecule has 0 bridgehead atoms. The third kappa shape index (κ3) is 3.21. The van der Waals surface area contributed by atoms with Crippen molar-refractivity contribution in [2.75, 3.05) is 40.7 Å². The molecule has 0 saturated carbocycles. The molecule has 0 amide bonds. The number of nitrogens with one attached hydrogen (secondary N) is 1. The van der Waals surface area contributed by atoms with Gasteiger partial charge >= 0.3 is 0 Å². The largest absolute Gasteiger partial charge is 0.493 e. The Hall–Kier alpha value is -2.73. The molecule has 0 aliphatic heterocycles. The summed E-state index contributed by atoms with van der Waals surface area (Å²) in [5.41, 5.74) is 4.63. The molecule has 0 saturated heterocycles. The predicted octanol–water partition coefficient (Wildman–Crippen LogP) is 1.96. The molecule has 3 N–H and O–H groups in total. The number of ether oxygens (including phenoxy) is 3. The molecule has 0 spiro atoms. The van der Waals surface area contributed by atoms with Gasteiger partial charge in [0.2, 0.25) is 11.2 Å². The number of rotatable bonds is 5. The van der Waals surface area contributed by atoms with Crippen LogP contribution in [0.1, 0.15) is 23.6 Å². The maximum Gasteiger partial charge on any atom is 0.203 e. The summed E-state index contributed by atoms with van der Waals surface area (Å²) in [6, 6.07) is 7.77. The Bertz CT molecular complexity index is 912. The fourth-order valence-corrected chi connectivity index (χ4v) is 3.89. The highest BCUT2D eigenvalue weighted by molar-refractivity contribution is 5.82. The summed E-state index contributed by atoms with van der Waals surface area (Å²) in [5, 5.41) is 5.14. The van der Waals surface area contributed by atoms with Gasteiger partial charge in [0.15, 0.2) is 11.5 Å². The van der Waals surface area contributed by atoms with Crippen LogP contribution < -0.4 is 30.3 Å². The SMILES string of the molecule is CNc1ccc2c(cc1=O)[C@@H]([NH2+]C)CCc1cc(OC)c(OC)c(OC)c1-2. The molecule has 1 aliphatic carbocycles. The van der Waals surface area contributed by atoms with Gasteiger partial charge in [0, 0.05) is 24.6 Å². The van der Waals surface area contributed by atoms with Crippen molar-refractivity contribution >= 4 is 5.69 Å². The summed E-state index contributed by atoms with van der Waals surface area (Å²) in [6.45, 7) is 0. The van der Waals surface area contributed by atoms with E-state index in [0.29, 0.717) is 22.9 Å². The third-order valence-corrected chi connectivity index (χ3v) is 5.26. The lowest BCUT2D eigenvalue weighted by Gasteiger charge is -2.19. The number of aryl methyl sites for hydroxylation is 1. The predicted molar refractivity (Wildman–Crippen MR) is 106 cm³/mol. The molecule has 6 heteroatoms. The van der Waals surface area contributed by atoms with Crippen molar-refractivity contribution in [2.45, 2.75) is 18.9 Å². The molecule has 0 aromatic heterocycles. The van der Waals surface area contributed by atoms with Crippen LogP contribution in [0.4, 0.5) is 5.69 Å². The van der Waals surface area contributed by atoms with E-state index in [9.17, 15) is 4.79 Å². The first kappa shape index (κ1) is 19.0. The van der Waals surface area contributed by atoms with Crippen molar-refractivity contribution in [1.82, 2.24) is 0 Å². The Morgan fingerprint density at radius 1 is 1.07 bits per heavy atom. The summed E-state index contributed by atoms with van der Waals surface area (Å²) >= 11 is 0. The highest BCUT2D eigenvalue weighted by atomic mass is 16.5. The standard InChI is InChI=1S/C21H26N2O4/c1-22-15-8-6-12-10-18(25-3)20(26-4)21(27-5)19(12)13-7-9-16(23-2)17(24)11-14(13)15/h7,9-11,15,22H,6,8H2,1-5H3,(H,23,24)/p+1/t15-/m0/s1. The Balaban J connectivity index is 2.43. The molecule has 2 aromatic rings. The van der Waals surface area contributed by atoms with Gasteiger partial charge in [0.1, 0.15) is 6.04 Å². The van der Waals surface area contributed by atoms with E-state index >= 15 is 0 Å². The highest BCUT2D eigenvalue weighted by Gasteiger charge is 2.29. The van der Waals surface area contributed by atoms with Crippen molar-refractivity contribution in [1.29, 1.82) is 0 Å². The number of quaternary nitrogens is 1. The molecule has 6 nitrogen and oxygen atoms in total. The minimum atomic E-state index is -0.0199. The highest BCUT2D eigenvalue weighted by Crippen LogP contribution is 2.49. The Morgan fingerprint density at radius 2 is 1.81 bits per heavy atom. The quantitative estimate of drug-likeness (QED) is 0.841. The van der Waals surface area contributed by atoms with Crippen molar-refractivity contribution in [3.8, 4) is 28.4 Å². The Labute approximate surface area is 159 Å². The zero-order valence-electron chi connectivity index (χ0n) is 16.5. The molecule has 0 heterocycles. The lowest BCUT2D eigenvalue weighted by atomic mass is 9.95. The van der Waals surface area contributed by atoms with Crippen LogP contribution in [0.3, 0.4) is 0 Å². The van der Waals surface area contributed by atoms with Crippen molar-refractivity contribution < 1.29 is 19.5 Å². The fraction of sp³-hybridized carbons (Fsp3) is 0.381. The Kier molecular flexibility index (Phi) is 5.56. The average Bonchev–Trinajstić information content (AvgIpc) is 2.94. The second-order valence-electron chi connectivity index (χ2n) is 6.53. The molecular formula is C21H27N2O4+. The van der Waals surface area contributed by atoms with E-state index in [1.807, 2.05) is 25.2 Å². The number of fused-ring (bicyclic) bond motifs is 3. The van der Waals surface area contributed by atoms with E-state index in [-0.39, 0.29) is 11.5 Å². The molecule has 3 rings (SSSR count). The van der Waals surface area contributed by atoms with E-state index in [1.165, 1.54) is 0 Å². The lowest BCUT2D eigenvalue weighted by Crippen LogP contribution is -2.81. The first-order valence-corrected chi connectivity index (χ1v) is 9.07. The van der Waals surface area contributed by atoms with E-state index < -0.39 is 0 Å². The molecule has 0 unspecified atom stereocenters.